The lowest BCUT2D eigenvalue weighted by Crippen LogP contribution is -2.44. The lowest BCUT2D eigenvalue weighted by atomic mass is 10.1. The fourth-order valence-corrected chi connectivity index (χ4v) is 2.89. The van der Waals surface area contributed by atoms with E-state index < -0.39 is 0 Å². The molecule has 0 spiro atoms. The summed E-state index contributed by atoms with van der Waals surface area (Å²) in [5.74, 6) is 0.0544. The molecule has 5 nitrogen and oxygen atoms in total. The molecule has 1 aromatic heterocycles. The Morgan fingerprint density at radius 3 is 2.87 bits per heavy atom. The summed E-state index contributed by atoms with van der Waals surface area (Å²) in [7, 11) is 0. The van der Waals surface area contributed by atoms with Crippen LogP contribution in [0.15, 0.2) is 41.1 Å². The number of carbonyl (C=O) groups excluding carboxylic acids is 1. The van der Waals surface area contributed by atoms with E-state index in [9.17, 15) is 4.79 Å². The Bertz CT molecular complexity index is 690. The highest BCUT2D eigenvalue weighted by Gasteiger charge is 2.26. The summed E-state index contributed by atoms with van der Waals surface area (Å²) in [5.41, 5.74) is 1.81. The monoisotopic (exact) mass is 375 g/mol. The van der Waals surface area contributed by atoms with Gasteiger partial charge in [-0.25, -0.2) is 9.97 Å². The van der Waals surface area contributed by atoms with Gasteiger partial charge < -0.3 is 9.64 Å². The molecule has 1 aromatic carbocycles. The summed E-state index contributed by atoms with van der Waals surface area (Å²) in [6, 6.07) is 8.03. The Labute approximate surface area is 143 Å². The largest absolute Gasteiger partial charge is 0.458 e. The predicted molar refractivity (Wildman–Crippen MR) is 90.5 cm³/mol. The molecule has 120 valence electrons. The molecule has 0 aliphatic carbocycles. The van der Waals surface area contributed by atoms with Crippen molar-refractivity contribution in [2.24, 2.45) is 0 Å². The van der Waals surface area contributed by atoms with Crippen molar-refractivity contribution in [2.75, 3.05) is 13.1 Å². The van der Waals surface area contributed by atoms with E-state index in [-0.39, 0.29) is 12.0 Å². The average molecular weight is 376 g/mol. The molecule has 0 bridgehead atoms. The molecule has 1 atom stereocenters. The summed E-state index contributed by atoms with van der Waals surface area (Å²) < 4.78 is 6.62. The third-order valence-electron chi connectivity index (χ3n) is 3.80. The van der Waals surface area contributed by atoms with Crippen molar-refractivity contribution in [3.05, 3.63) is 52.3 Å². The van der Waals surface area contributed by atoms with E-state index in [2.05, 4.69) is 25.9 Å². The lowest BCUT2D eigenvalue weighted by Gasteiger charge is -2.32. The molecule has 6 heteroatoms. The highest BCUT2D eigenvalue weighted by Crippen LogP contribution is 2.18. The minimum Gasteiger partial charge on any atom is -0.458 e. The van der Waals surface area contributed by atoms with Gasteiger partial charge >= 0.3 is 6.01 Å². The van der Waals surface area contributed by atoms with Gasteiger partial charge in [0.25, 0.3) is 5.91 Å². The first-order chi connectivity index (χ1) is 11.1. The van der Waals surface area contributed by atoms with Crippen LogP contribution in [0.3, 0.4) is 0 Å². The molecule has 2 aromatic rings. The Balaban J connectivity index is 1.66. The summed E-state index contributed by atoms with van der Waals surface area (Å²) in [6.07, 6.45) is 5.05. The first-order valence-corrected chi connectivity index (χ1v) is 8.41. The standard InChI is InChI=1S/C17H18BrN3O2/c1-12-4-2-5-13(8-12)16(22)21-7-3-6-15(11-21)23-17-19-9-14(18)10-20-17/h2,4-5,8-10,15H,3,6-7,11H2,1H3. The van der Waals surface area contributed by atoms with Crippen LogP contribution >= 0.6 is 15.9 Å². The van der Waals surface area contributed by atoms with E-state index in [0.29, 0.717) is 12.6 Å². The van der Waals surface area contributed by atoms with Crippen LogP contribution in [0.4, 0.5) is 0 Å². The summed E-state index contributed by atoms with van der Waals surface area (Å²) in [4.78, 5) is 22.7. The number of aromatic nitrogens is 2. The number of aryl methyl sites for hydroxylation is 1. The van der Waals surface area contributed by atoms with Crippen molar-refractivity contribution in [3.63, 3.8) is 0 Å². The van der Waals surface area contributed by atoms with Gasteiger partial charge in [0.1, 0.15) is 6.10 Å². The zero-order valence-electron chi connectivity index (χ0n) is 12.9. The maximum atomic E-state index is 12.6. The van der Waals surface area contributed by atoms with Crippen LogP contribution in [0.5, 0.6) is 6.01 Å². The maximum Gasteiger partial charge on any atom is 0.316 e. The van der Waals surface area contributed by atoms with Crippen molar-refractivity contribution >= 4 is 21.8 Å². The molecule has 0 radical (unpaired) electrons. The van der Waals surface area contributed by atoms with Gasteiger partial charge in [-0.05, 0) is 47.8 Å². The number of likely N-dealkylation sites (tertiary alicyclic amines) is 1. The third-order valence-corrected chi connectivity index (χ3v) is 4.21. The van der Waals surface area contributed by atoms with Gasteiger partial charge in [-0.15, -0.1) is 0 Å². The molecule has 2 heterocycles. The number of nitrogens with zero attached hydrogens (tertiary/aromatic N) is 3. The molecule has 1 saturated heterocycles. The van der Waals surface area contributed by atoms with E-state index in [0.717, 1.165) is 35.0 Å². The van der Waals surface area contributed by atoms with Gasteiger partial charge in [-0.2, -0.15) is 0 Å². The number of rotatable bonds is 3. The van der Waals surface area contributed by atoms with Crippen LogP contribution < -0.4 is 4.74 Å². The second-order valence-electron chi connectivity index (χ2n) is 5.69. The molecule has 1 aliphatic heterocycles. The Morgan fingerprint density at radius 2 is 2.13 bits per heavy atom. The number of amides is 1. The highest BCUT2D eigenvalue weighted by atomic mass is 79.9. The van der Waals surface area contributed by atoms with Gasteiger partial charge in [0.05, 0.1) is 11.0 Å². The lowest BCUT2D eigenvalue weighted by molar-refractivity contribution is 0.0515. The molecule has 1 fully saturated rings. The molecule has 23 heavy (non-hydrogen) atoms. The smallest absolute Gasteiger partial charge is 0.316 e. The van der Waals surface area contributed by atoms with Gasteiger partial charge in [0, 0.05) is 24.5 Å². The number of benzene rings is 1. The van der Waals surface area contributed by atoms with E-state index in [1.54, 1.807) is 12.4 Å². The van der Waals surface area contributed by atoms with Crippen molar-refractivity contribution < 1.29 is 9.53 Å². The first-order valence-electron chi connectivity index (χ1n) is 7.62. The number of piperidine rings is 1. The molecule has 1 aliphatic rings. The van der Waals surface area contributed by atoms with Crippen LogP contribution in [0.1, 0.15) is 28.8 Å². The van der Waals surface area contributed by atoms with E-state index in [4.69, 9.17) is 4.74 Å². The molecular formula is C17H18BrN3O2. The fraction of sp³-hybridized carbons (Fsp3) is 0.353. The second-order valence-corrected chi connectivity index (χ2v) is 6.60. The minimum absolute atomic E-state index is 0.0544. The van der Waals surface area contributed by atoms with Crippen molar-refractivity contribution in [3.8, 4) is 6.01 Å². The minimum atomic E-state index is -0.0707. The zero-order valence-corrected chi connectivity index (χ0v) is 14.5. The summed E-state index contributed by atoms with van der Waals surface area (Å²) >= 11 is 3.30. The Hall–Kier alpha value is -1.95. The number of halogens is 1. The molecule has 0 saturated carbocycles. The van der Waals surface area contributed by atoms with E-state index >= 15 is 0 Å². The zero-order chi connectivity index (χ0) is 16.2. The van der Waals surface area contributed by atoms with Gasteiger partial charge in [0.15, 0.2) is 0 Å². The molecule has 1 unspecified atom stereocenters. The number of hydrogen-bond acceptors (Lipinski definition) is 4. The molecular weight excluding hydrogens is 358 g/mol. The Kier molecular flexibility index (Phi) is 4.91. The van der Waals surface area contributed by atoms with E-state index in [1.807, 2.05) is 36.1 Å². The number of hydrogen-bond donors (Lipinski definition) is 0. The van der Waals surface area contributed by atoms with Crippen LogP contribution in [-0.4, -0.2) is 40.0 Å². The topological polar surface area (TPSA) is 55.3 Å². The highest BCUT2D eigenvalue weighted by molar-refractivity contribution is 9.10. The molecule has 3 rings (SSSR count). The second kappa shape index (κ2) is 7.08. The van der Waals surface area contributed by atoms with Crippen LogP contribution in [0.25, 0.3) is 0 Å². The van der Waals surface area contributed by atoms with Crippen molar-refractivity contribution in [2.45, 2.75) is 25.9 Å². The Morgan fingerprint density at radius 1 is 1.35 bits per heavy atom. The molecule has 1 amide bonds. The van der Waals surface area contributed by atoms with Gasteiger partial charge in [0.2, 0.25) is 0 Å². The normalized spacial score (nSPS) is 17.8. The summed E-state index contributed by atoms with van der Waals surface area (Å²) in [6.45, 7) is 3.31. The fourth-order valence-electron chi connectivity index (χ4n) is 2.69. The number of carbonyl (C=O) groups is 1. The van der Waals surface area contributed by atoms with Crippen LogP contribution in [-0.2, 0) is 0 Å². The van der Waals surface area contributed by atoms with Crippen LogP contribution in [0.2, 0.25) is 0 Å². The maximum absolute atomic E-state index is 12.6. The third kappa shape index (κ3) is 4.07. The van der Waals surface area contributed by atoms with Gasteiger partial charge in [-0.3, -0.25) is 4.79 Å². The van der Waals surface area contributed by atoms with Gasteiger partial charge in [-0.1, -0.05) is 17.7 Å². The SMILES string of the molecule is Cc1cccc(C(=O)N2CCCC(Oc3ncc(Br)cn3)C2)c1. The van der Waals surface area contributed by atoms with Crippen LogP contribution in [0, 0.1) is 6.92 Å². The average Bonchev–Trinajstić information content (AvgIpc) is 2.56. The number of ether oxygens (including phenoxy) is 1. The van der Waals surface area contributed by atoms with E-state index in [1.165, 1.54) is 0 Å². The molecule has 0 N–H and O–H groups in total. The quantitative estimate of drug-likeness (QED) is 0.826. The van der Waals surface area contributed by atoms with Crippen molar-refractivity contribution in [1.29, 1.82) is 0 Å². The summed E-state index contributed by atoms with van der Waals surface area (Å²) in [5, 5.41) is 0. The van der Waals surface area contributed by atoms with Crippen molar-refractivity contribution in [1.82, 2.24) is 14.9 Å². The predicted octanol–water partition coefficient (Wildman–Crippen LogP) is 3.23. The first kappa shape index (κ1) is 15.9.